The Balaban J connectivity index is -0.000000134. The highest BCUT2D eigenvalue weighted by molar-refractivity contribution is 8.00. The normalized spacial score (nSPS) is 23.0. The van der Waals surface area contributed by atoms with Gasteiger partial charge in [-0.25, -0.2) is 0 Å². The summed E-state index contributed by atoms with van der Waals surface area (Å²) in [6.45, 7) is 77.6. The van der Waals surface area contributed by atoms with E-state index in [9.17, 15) is 0 Å². The maximum atomic E-state index is 5.54. The van der Waals surface area contributed by atoms with Crippen molar-refractivity contribution >= 4 is 35.3 Å². The minimum absolute atomic E-state index is 0.554. The van der Waals surface area contributed by atoms with Gasteiger partial charge >= 0.3 is 0 Å². The average molecular weight is 1310 g/mol. The summed E-state index contributed by atoms with van der Waals surface area (Å²) in [5.74, 6) is 18.6. The Labute approximate surface area is 575 Å². The highest BCUT2D eigenvalue weighted by Crippen LogP contribution is 2.31. The summed E-state index contributed by atoms with van der Waals surface area (Å²) in [5.41, 5.74) is 0. The molecule has 8 fully saturated rings. The molecule has 0 aliphatic carbocycles. The predicted molar refractivity (Wildman–Crippen MR) is 422 cm³/mol. The standard InChI is InChI=1S/2C8H17N.3C8H16O.3C8H16S.8C2H6/c1-7(2)8-4-3-5-9-6-8;1-7(2)8-5-3-4-6-9-8;1-7(2)8-3-5-9-6-4-8;1-7(2)8-4-3-5-9-6-8;1-7(2)8-5-3-4-6-9-8;1-7(2)8-3-5-9-6-4-8;1-7(2)8-4-3-5-9-6-8;1-7(2)8-5-3-4-6-9-8;8*1-2/h2*7-9H,3-6H2,1-2H3;6*7-8H,3-6H2,1-2H3;8*1-2H3. The molecule has 0 radical (unpaired) electrons. The van der Waals surface area contributed by atoms with E-state index in [1.54, 1.807) is 0 Å². The first-order chi connectivity index (χ1) is 42.4. The zero-order valence-electron chi connectivity index (χ0n) is 67.3. The van der Waals surface area contributed by atoms with Crippen molar-refractivity contribution in [3.8, 4) is 0 Å². The summed E-state index contributed by atoms with van der Waals surface area (Å²) in [4.78, 5) is 0. The molecule has 8 saturated heterocycles. The molecule has 0 aromatic rings. The molecule has 8 heteroatoms. The van der Waals surface area contributed by atoms with Crippen LogP contribution in [0.2, 0.25) is 0 Å². The molecule has 5 nitrogen and oxygen atoms in total. The van der Waals surface area contributed by atoms with E-state index >= 15 is 0 Å². The van der Waals surface area contributed by atoms with Crippen molar-refractivity contribution in [2.75, 3.05) is 81.4 Å². The van der Waals surface area contributed by atoms with E-state index in [2.05, 4.69) is 157 Å². The molecule has 544 valence electrons. The highest BCUT2D eigenvalue weighted by atomic mass is 32.2. The van der Waals surface area contributed by atoms with Crippen LogP contribution in [0.5, 0.6) is 0 Å². The fraction of sp³-hybridized carbons (Fsp3) is 1.00. The highest BCUT2D eigenvalue weighted by Gasteiger charge is 2.21. The number of thioether (sulfide) groups is 3. The van der Waals surface area contributed by atoms with Gasteiger partial charge in [-0.1, -0.05) is 234 Å². The minimum atomic E-state index is 0.554. The summed E-state index contributed by atoms with van der Waals surface area (Å²) in [6, 6.07) is 0.804. The molecule has 88 heavy (non-hydrogen) atoms. The van der Waals surface area contributed by atoms with Crippen molar-refractivity contribution in [2.24, 2.45) is 76.9 Å². The second-order valence-electron chi connectivity index (χ2n) is 25.8. The second kappa shape index (κ2) is 83.9. The van der Waals surface area contributed by atoms with Crippen LogP contribution in [0.15, 0.2) is 0 Å². The lowest BCUT2D eigenvalue weighted by atomic mass is 9.89. The zero-order valence-corrected chi connectivity index (χ0v) is 69.8. The Morgan fingerprint density at radius 1 is 0.318 bits per heavy atom. The molecule has 0 aromatic carbocycles. The molecular formula is C80H178N2O3S3. The molecule has 8 aliphatic rings. The summed E-state index contributed by atoms with van der Waals surface area (Å²) >= 11 is 6.42. The third-order valence-electron chi connectivity index (χ3n) is 17.0. The van der Waals surface area contributed by atoms with Gasteiger partial charge in [-0.15, -0.1) is 0 Å². The fourth-order valence-electron chi connectivity index (χ4n) is 10.8. The maximum Gasteiger partial charge on any atom is 0.0598 e. The lowest BCUT2D eigenvalue weighted by Crippen LogP contribution is -2.37. The molecule has 0 saturated carbocycles. The number of hydrogen-bond donors (Lipinski definition) is 2. The molecule has 2 N–H and O–H groups in total. The number of hydrogen-bond acceptors (Lipinski definition) is 8. The molecule has 6 atom stereocenters. The number of nitrogens with one attached hydrogen (secondary N) is 2. The molecule has 8 aliphatic heterocycles. The van der Waals surface area contributed by atoms with Crippen molar-refractivity contribution in [3.05, 3.63) is 0 Å². The Morgan fingerprint density at radius 3 is 1.08 bits per heavy atom. The topological polar surface area (TPSA) is 51.8 Å². The third kappa shape index (κ3) is 68.2. The zero-order chi connectivity index (χ0) is 69.5. The van der Waals surface area contributed by atoms with E-state index < -0.39 is 0 Å². The van der Waals surface area contributed by atoms with Crippen molar-refractivity contribution in [1.29, 1.82) is 0 Å². The number of rotatable bonds is 8. The quantitative estimate of drug-likeness (QED) is 0.249. The van der Waals surface area contributed by atoms with Crippen molar-refractivity contribution in [1.82, 2.24) is 10.6 Å². The Morgan fingerprint density at radius 2 is 0.807 bits per heavy atom. The summed E-state index contributed by atoms with van der Waals surface area (Å²) in [5, 5.41) is 7.91. The minimum Gasteiger partial charge on any atom is -0.381 e. The van der Waals surface area contributed by atoms with Gasteiger partial charge in [-0.05, 0) is 234 Å². The van der Waals surface area contributed by atoms with E-state index in [0.29, 0.717) is 12.0 Å². The average Bonchev–Trinajstić information content (AvgIpc) is 3.61. The van der Waals surface area contributed by atoms with E-state index in [0.717, 1.165) is 115 Å². The van der Waals surface area contributed by atoms with Gasteiger partial charge in [0.25, 0.3) is 0 Å². The van der Waals surface area contributed by atoms with Crippen LogP contribution in [0.1, 0.15) is 344 Å². The van der Waals surface area contributed by atoms with Crippen LogP contribution in [-0.4, -0.2) is 98.8 Å². The van der Waals surface area contributed by atoms with Crippen LogP contribution in [0, 0.1) is 76.9 Å². The number of piperidine rings is 2. The molecule has 6 unspecified atom stereocenters. The maximum absolute atomic E-state index is 5.54. The van der Waals surface area contributed by atoms with Gasteiger partial charge in [0.05, 0.1) is 6.10 Å². The van der Waals surface area contributed by atoms with Crippen LogP contribution >= 0.6 is 35.3 Å². The van der Waals surface area contributed by atoms with E-state index in [1.807, 2.05) is 111 Å². The fourth-order valence-corrected chi connectivity index (χ4v) is 14.8. The van der Waals surface area contributed by atoms with Gasteiger partial charge in [0.2, 0.25) is 0 Å². The first-order valence-corrected chi connectivity index (χ1v) is 42.8. The van der Waals surface area contributed by atoms with Crippen molar-refractivity contribution < 1.29 is 14.2 Å². The monoisotopic (exact) mass is 1310 g/mol. The summed E-state index contributed by atoms with van der Waals surface area (Å²) in [7, 11) is 0. The smallest absolute Gasteiger partial charge is 0.0598 e. The van der Waals surface area contributed by atoms with Gasteiger partial charge in [-0.3, -0.25) is 0 Å². The SMILES string of the molecule is CC.CC.CC.CC.CC.CC.CC.CC.CC(C)C1CCCCN1.CC(C)C1CCCCO1.CC(C)C1CCCCS1.CC(C)C1CCCNC1.CC(C)C1CCCOC1.CC(C)C1CCCSC1.CC(C)C1CCOCC1.CC(C)C1CCSCC1. The van der Waals surface area contributed by atoms with Crippen molar-refractivity contribution in [3.63, 3.8) is 0 Å². The van der Waals surface area contributed by atoms with E-state index in [1.165, 1.54) is 170 Å². The van der Waals surface area contributed by atoms with Crippen LogP contribution in [0.4, 0.5) is 0 Å². The second-order valence-corrected chi connectivity index (χ2v) is 29.5. The van der Waals surface area contributed by atoms with Gasteiger partial charge < -0.3 is 24.8 Å². The van der Waals surface area contributed by atoms with E-state index in [-0.39, 0.29) is 0 Å². The lowest BCUT2D eigenvalue weighted by Gasteiger charge is -2.26. The first kappa shape index (κ1) is 105. The van der Waals surface area contributed by atoms with E-state index in [4.69, 9.17) is 14.2 Å². The van der Waals surface area contributed by atoms with Crippen LogP contribution < -0.4 is 10.6 Å². The molecular weight excluding hydrogens is 1130 g/mol. The molecule has 8 rings (SSSR count). The third-order valence-corrected chi connectivity index (χ3v) is 21.1. The Hall–Kier alpha value is 0.850. The Kier molecular flexibility index (Phi) is 100. The summed E-state index contributed by atoms with van der Waals surface area (Å²) in [6.07, 6.45) is 26.9. The summed E-state index contributed by atoms with van der Waals surface area (Å²) < 4.78 is 16.1. The lowest BCUT2D eigenvalue weighted by molar-refractivity contribution is -0.0115. The number of ether oxygens (including phenoxy) is 3. The first-order valence-electron chi connectivity index (χ1n) is 39.4. The van der Waals surface area contributed by atoms with Crippen LogP contribution in [0.3, 0.4) is 0 Å². The van der Waals surface area contributed by atoms with Crippen molar-refractivity contribution in [2.45, 2.75) is 361 Å². The van der Waals surface area contributed by atoms with Gasteiger partial charge in [0.15, 0.2) is 0 Å². The van der Waals surface area contributed by atoms with Gasteiger partial charge in [-0.2, -0.15) is 35.3 Å². The van der Waals surface area contributed by atoms with Gasteiger partial charge in [0.1, 0.15) is 0 Å². The van der Waals surface area contributed by atoms with Gasteiger partial charge in [0, 0.05) is 44.3 Å². The molecule has 0 aromatic heterocycles. The molecule has 8 heterocycles. The molecule has 0 spiro atoms. The predicted octanol–water partition coefficient (Wildman–Crippen LogP) is 26.5. The van der Waals surface area contributed by atoms with Crippen LogP contribution in [0.25, 0.3) is 0 Å². The molecule has 0 amide bonds. The Bertz CT molecular complexity index is 860. The largest absolute Gasteiger partial charge is 0.381 e. The van der Waals surface area contributed by atoms with Crippen LogP contribution in [-0.2, 0) is 14.2 Å². The molecule has 0 bridgehead atoms.